The summed E-state index contributed by atoms with van der Waals surface area (Å²) in [6, 6.07) is 8.25. The van der Waals surface area contributed by atoms with Crippen LogP contribution >= 0.6 is 11.3 Å². The van der Waals surface area contributed by atoms with Crippen LogP contribution in [-0.4, -0.2) is 49.6 Å². The summed E-state index contributed by atoms with van der Waals surface area (Å²) >= 11 is 1.38. The van der Waals surface area contributed by atoms with E-state index in [2.05, 4.69) is 35.8 Å². The van der Waals surface area contributed by atoms with Crippen molar-refractivity contribution >= 4 is 29.3 Å². The molecule has 0 bridgehead atoms. The number of methoxy groups -OCH3 is 1. The molecule has 4 N–H and O–H groups in total. The highest BCUT2D eigenvalue weighted by molar-refractivity contribution is 7.13. The lowest BCUT2D eigenvalue weighted by Crippen LogP contribution is -2.19. The molecule has 0 unspecified atom stereocenters. The predicted octanol–water partition coefficient (Wildman–Crippen LogP) is 1.44. The van der Waals surface area contributed by atoms with Crippen LogP contribution in [0.5, 0.6) is 11.5 Å². The standard InChI is InChI=1S/C17H14N8O4S/c1-28-11-7-9(4-5-10(11)26)8-19-21-17(27)13-14(12-3-2-6-30-12)25(24-20-13)16-15(18)22-29-23-16/h2-8,26H,1H3,(H2,18,22)(H,21,27)/b19-8-. The number of phenolic OH excluding ortho intramolecular Hbond substituents is 1. The summed E-state index contributed by atoms with van der Waals surface area (Å²) in [4.78, 5) is 13.4. The second-order valence-electron chi connectivity index (χ2n) is 5.78. The SMILES string of the molecule is COc1cc(/C=N\NC(=O)c2nnn(-c3nonc3N)c2-c2cccs2)ccc1O. The average molecular weight is 426 g/mol. The zero-order valence-electron chi connectivity index (χ0n) is 15.4. The molecular weight excluding hydrogens is 412 g/mol. The van der Waals surface area contributed by atoms with Crippen molar-refractivity contribution in [2.75, 3.05) is 12.8 Å². The van der Waals surface area contributed by atoms with Gasteiger partial charge in [0.15, 0.2) is 17.2 Å². The molecule has 0 aliphatic heterocycles. The summed E-state index contributed by atoms with van der Waals surface area (Å²) in [7, 11) is 1.43. The molecule has 0 aliphatic rings. The first-order valence-corrected chi connectivity index (χ1v) is 9.25. The van der Waals surface area contributed by atoms with Gasteiger partial charge in [-0.3, -0.25) is 4.79 Å². The van der Waals surface area contributed by atoms with Crippen molar-refractivity contribution in [1.29, 1.82) is 0 Å². The molecule has 3 aromatic heterocycles. The van der Waals surface area contributed by atoms with Crippen LogP contribution in [0.3, 0.4) is 0 Å². The third kappa shape index (κ3) is 3.56. The van der Waals surface area contributed by atoms with Gasteiger partial charge in [0.2, 0.25) is 11.6 Å². The number of rotatable bonds is 6. The summed E-state index contributed by atoms with van der Waals surface area (Å²) in [6.07, 6.45) is 1.40. The van der Waals surface area contributed by atoms with Gasteiger partial charge >= 0.3 is 0 Å². The van der Waals surface area contributed by atoms with Gasteiger partial charge in [-0.05, 0) is 45.5 Å². The number of nitrogens with zero attached hydrogens (tertiary/aromatic N) is 6. The molecule has 1 aromatic carbocycles. The molecular formula is C17H14N8O4S. The largest absolute Gasteiger partial charge is 0.504 e. The highest BCUT2D eigenvalue weighted by atomic mass is 32.1. The molecule has 12 nitrogen and oxygen atoms in total. The lowest BCUT2D eigenvalue weighted by atomic mass is 10.2. The van der Waals surface area contributed by atoms with Crippen LogP contribution in [0.1, 0.15) is 16.1 Å². The van der Waals surface area contributed by atoms with Crippen molar-refractivity contribution in [1.82, 2.24) is 30.7 Å². The Morgan fingerprint density at radius 1 is 1.40 bits per heavy atom. The first-order valence-electron chi connectivity index (χ1n) is 8.37. The van der Waals surface area contributed by atoms with Crippen molar-refractivity contribution in [2.45, 2.75) is 0 Å². The van der Waals surface area contributed by atoms with Crippen LogP contribution in [-0.2, 0) is 0 Å². The summed E-state index contributed by atoms with van der Waals surface area (Å²) in [5.74, 6) is -0.195. The Balaban J connectivity index is 1.62. The van der Waals surface area contributed by atoms with Crippen LogP contribution in [0.2, 0.25) is 0 Å². The normalized spacial score (nSPS) is 11.1. The maximum absolute atomic E-state index is 12.7. The topological polar surface area (TPSA) is 167 Å². The molecule has 4 aromatic rings. The number of ether oxygens (including phenoxy) is 1. The van der Waals surface area contributed by atoms with E-state index in [1.54, 1.807) is 18.2 Å². The predicted molar refractivity (Wildman–Crippen MR) is 107 cm³/mol. The zero-order valence-corrected chi connectivity index (χ0v) is 16.2. The fraction of sp³-hybridized carbons (Fsp3) is 0.0588. The number of nitrogens with one attached hydrogen (secondary N) is 1. The van der Waals surface area contributed by atoms with Gasteiger partial charge in [0.25, 0.3) is 5.91 Å². The second-order valence-corrected chi connectivity index (χ2v) is 6.73. The number of hydrogen-bond donors (Lipinski definition) is 3. The van der Waals surface area contributed by atoms with Gasteiger partial charge < -0.3 is 15.6 Å². The third-order valence-corrected chi connectivity index (χ3v) is 4.80. The molecule has 0 aliphatic carbocycles. The number of anilines is 1. The highest BCUT2D eigenvalue weighted by Gasteiger charge is 2.25. The average Bonchev–Trinajstić information content (AvgIpc) is 3.48. The molecule has 152 valence electrons. The van der Waals surface area contributed by atoms with Crippen LogP contribution in [0.4, 0.5) is 5.82 Å². The lowest BCUT2D eigenvalue weighted by Gasteiger charge is -2.04. The Morgan fingerprint density at radius 2 is 2.27 bits per heavy atom. The number of aromatic hydroxyl groups is 1. The van der Waals surface area contributed by atoms with Crippen LogP contribution in [0, 0.1) is 0 Å². The molecule has 13 heteroatoms. The van der Waals surface area contributed by atoms with Gasteiger partial charge in [0, 0.05) is 0 Å². The van der Waals surface area contributed by atoms with E-state index in [0.717, 1.165) is 0 Å². The Hall–Kier alpha value is -4.26. The summed E-state index contributed by atoms with van der Waals surface area (Å²) in [6.45, 7) is 0. The summed E-state index contributed by atoms with van der Waals surface area (Å²) < 4.78 is 10.9. The monoisotopic (exact) mass is 426 g/mol. The fourth-order valence-electron chi connectivity index (χ4n) is 2.55. The van der Waals surface area contributed by atoms with Crippen molar-refractivity contribution < 1.29 is 19.3 Å². The summed E-state index contributed by atoms with van der Waals surface area (Å²) in [5.41, 5.74) is 9.14. The Bertz CT molecular complexity index is 1210. The van der Waals surface area contributed by atoms with Gasteiger partial charge in [-0.15, -0.1) is 16.4 Å². The van der Waals surface area contributed by atoms with E-state index >= 15 is 0 Å². The number of hydrazone groups is 1. The van der Waals surface area contributed by atoms with E-state index in [-0.39, 0.29) is 28.8 Å². The molecule has 0 saturated heterocycles. The van der Waals surface area contributed by atoms with Crippen LogP contribution < -0.4 is 15.9 Å². The number of thiophene rings is 1. The summed E-state index contributed by atoms with van der Waals surface area (Å²) in [5, 5.41) is 30.6. The Morgan fingerprint density at radius 3 is 2.97 bits per heavy atom. The highest BCUT2D eigenvalue weighted by Crippen LogP contribution is 2.30. The minimum atomic E-state index is -0.596. The molecule has 4 rings (SSSR count). The van der Waals surface area contributed by atoms with Gasteiger partial charge in [0.05, 0.1) is 18.2 Å². The molecule has 0 fully saturated rings. The van der Waals surface area contributed by atoms with E-state index in [9.17, 15) is 9.90 Å². The maximum atomic E-state index is 12.7. The molecule has 0 spiro atoms. The number of carbonyl (C=O) groups is 1. The van der Waals surface area contributed by atoms with E-state index in [0.29, 0.717) is 16.1 Å². The van der Waals surface area contributed by atoms with Crippen LogP contribution in [0.15, 0.2) is 45.4 Å². The molecule has 30 heavy (non-hydrogen) atoms. The number of hydrogen-bond acceptors (Lipinski definition) is 11. The van der Waals surface area contributed by atoms with Crippen LogP contribution in [0.25, 0.3) is 16.4 Å². The number of amides is 1. The van der Waals surface area contributed by atoms with Crippen molar-refractivity contribution in [3.63, 3.8) is 0 Å². The van der Waals surface area contributed by atoms with Gasteiger partial charge in [0.1, 0.15) is 5.69 Å². The van der Waals surface area contributed by atoms with E-state index < -0.39 is 5.91 Å². The van der Waals surface area contributed by atoms with E-state index in [4.69, 9.17) is 10.5 Å². The smallest absolute Gasteiger partial charge is 0.294 e. The van der Waals surface area contributed by atoms with Crippen molar-refractivity contribution in [2.24, 2.45) is 5.10 Å². The number of nitrogens with two attached hydrogens (primary N) is 1. The fourth-order valence-corrected chi connectivity index (χ4v) is 3.30. The first-order chi connectivity index (χ1) is 14.6. The number of phenols is 1. The number of aromatic nitrogens is 5. The lowest BCUT2D eigenvalue weighted by molar-refractivity contribution is 0.0951. The Kier molecular flexibility index (Phi) is 5.09. The van der Waals surface area contributed by atoms with Gasteiger partial charge in [-0.2, -0.15) is 9.78 Å². The molecule has 0 atom stereocenters. The quantitative estimate of drug-likeness (QED) is 0.305. The first kappa shape index (κ1) is 19.1. The van der Waals surface area contributed by atoms with Crippen molar-refractivity contribution in [3.05, 3.63) is 47.0 Å². The number of nitrogen functional groups attached to an aromatic ring is 1. The zero-order chi connectivity index (χ0) is 21.1. The molecule has 3 heterocycles. The maximum Gasteiger partial charge on any atom is 0.294 e. The van der Waals surface area contributed by atoms with Gasteiger partial charge in [-0.25, -0.2) is 10.1 Å². The third-order valence-electron chi connectivity index (χ3n) is 3.92. The molecule has 1 amide bonds. The molecule has 0 radical (unpaired) electrons. The van der Waals surface area contributed by atoms with Crippen molar-refractivity contribution in [3.8, 4) is 27.9 Å². The Labute approximate surface area is 172 Å². The van der Waals surface area contributed by atoms with E-state index in [1.807, 2.05) is 11.4 Å². The van der Waals surface area contributed by atoms with Gasteiger partial charge in [-0.1, -0.05) is 11.3 Å². The number of carbonyl (C=O) groups excluding carboxylic acids is 1. The minimum Gasteiger partial charge on any atom is -0.504 e. The van der Waals surface area contributed by atoms with E-state index in [1.165, 1.54) is 35.4 Å². The minimum absolute atomic E-state index is 0.00231. The second kappa shape index (κ2) is 8.00. The number of benzene rings is 1. The molecule has 0 saturated carbocycles.